The molecule has 1 aliphatic carbocycles. The number of rotatable bonds is 5. The van der Waals surface area contributed by atoms with Gasteiger partial charge in [0.15, 0.2) is 0 Å². The van der Waals surface area contributed by atoms with E-state index in [1.807, 2.05) is 0 Å². The Bertz CT molecular complexity index is 293. The van der Waals surface area contributed by atoms with Crippen molar-refractivity contribution in [2.75, 3.05) is 6.54 Å². The molecule has 1 saturated carbocycles. The molecule has 1 amide bonds. The molecule has 0 atom stereocenters. The van der Waals surface area contributed by atoms with Crippen LogP contribution in [-0.4, -0.2) is 33.1 Å². The average molecular weight is 195 g/mol. The normalized spacial score (nSPS) is 15.4. The van der Waals surface area contributed by atoms with Crippen LogP contribution in [0.15, 0.2) is 0 Å². The maximum Gasteiger partial charge on any atom is 0.292 e. The summed E-state index contributed by atoms with van der Waals surface area (Å²) in [6, 6.07) is 0. The Morgan fingerprint density at radius 2 is 2.43 bits per heavy atom. The second-order valence-corrected chi connectivity index (χ2v) is 3.58. The van der Waals surface area contributed by atoms with Crippen molar-refractivity contribution >= 4 is 5.91 Å². The van der Waals surface area contributed by atoms with E-state index in [2.05, 4.69) is 25.9 Å². The number of nitrogens with one attached hydrogen (secondary N) is 2. The van der Waals surface area contributed by atoms with E-state index < -0.39 is 0 Å². The lowest BCUT2D eigenvalue weighted by Gasteiger charge is -2.00. The fraction of sp³-hybridized carbons (Fsp3) is 0.750. The first kappa shape index (κ1) is 9.11. The Kier molecular flexibility index (Phi) is 2.71. The van der Waals surface area contributed by atoms with Gasteiger partial charge in [-0.05, 0) is 24.0 Å². The van der Waals surface area contributed by atoms with E-state index in [0.717, 1.165) is 12.3 Å². The van der Waals surface area contributed by atoms with Gasteiger partial charge in [0, 0.05) is 6.54 Å². The summed E-state index contributed by atoms with van der Waals surface area (Å²) in [6.07, 6.45) is 4.97. The highest BCUT2D eigenvalue weighted by molar-refractivity contribution is 5.89. The van der Waals surface area contributed by atoms with Gasteiger partial charge in [0.05, 0.1) is 0 Å². The zero-order valence-electron chi connectivity index (χ0n) is 7.86. The maximum absolute atomic E-state index is 11.3. The summed E-state index contributed by atoms with van der Waals surface area (Å²) in [5.41, 5.74) is 0. The molecule has 0 unspecified atom stereocenters. The number of hydrogen-bond acceptors (Lipinski definition) is 4. The minimum atomic E-state index is -0.255. The zero-order valence-corrected chi connectivity index (χ0v) is 7.86. The monoisotopic (exact) mass is 195 g/mol. The summed E-state index contributed by atoms with van der Waals surface area (Å²) in [5.74, 6) is 0.767. The Morgan fingerprint density at radius 3 is 3.07 bits per heavy atom. The highest BCUT2D eigenvalue weighted by Gasteiger charge is 2.20. The quantitative estimate of drug-likeness (QED) is 0.653. The number of aromatic amines is 1. The van der Waals surface area contributed by atoms with Gasteiger partial charge in [-0.15, -0.1) is 10.2 Å². The Morgan fingerprint density at radius 1 is 1.57 bits per heavy atom. The molecule has 0 aliphatic heterocycles. The van der Waals surface area contributed by atoms with Crippen LogP contribution in [0.25, 0.3) is 0 Å². The van der Waals surface area contributed by atoms with Crippen LogP contribution < -0.4 is 5.32 Å². The van der Waals surface area contributed by atoms with Crippen molar-refractivity contribution in [3.8, 4) is 0 Å². The van der Waals surface area contributed by atoms with E-state index in [9.17, 15) is 4.79 Å². The van der Waals surface area contributed by atoms with Gasteiger partial charge < -0.3 is 5.32 Å². The number of carbonyl (C=O) groups excluding carboxylic acids is 1. The van der Waals surface area contributed by atoms with E-state index in [1.54, 1.807) is 0 Å². The van der Waals surface area contributed by atoms with Crippen LogP contribution in [0.4, 0.5) is 0 Å². The molecule has 1 fully saturated rings. The van der Waals surface area contributed by atoms with Crippen LogP contribution in [0.1, 0.15) is 36.3 Å². The molecule has 2 N–H and O–H groups in total. The van der Waals surface area contributed by atoms with Gasteiger partial charge >= 0.3 is 0 Å². The molecule has 1 aromatic rings. The number of tetrazole rings is 1. The lowest BCUT2D eigenvalue weighted by molar-refractivity contribution is 0.0942. The van der Waals surface area contributed by atoms with Gasteiger partial charge in [0.1, 0.15) is 0 Å². The summed E-state index contributed by atoms with van der Waals surface area (Å²) in [7, 11) is 0. The second kappa shape index (κ2) is 4.17. The van der Waals surface area contributed by atoms with E-state index in [1.165, 1.54) is 19.3 Å². The smallest absolute Gasteiger partial charge is 0.292 e. The first-order valence-corrected chi connectivity index (χ1v) is 4.88. The van der Waals surface area contributed by atoms with Crippen LogP contribution in [0.3, 0.4) is 0 Å². The van der Waals surface area contributed by atoms with E-state index in [4.69, 9.17) is 0 Å². The van der Waals surface area contributed by atoms with Crippen molar-refractivity contribution in [1.29, 1.82) is 0 Å². The molecule has 0 spiro atoms. The predicted octanol–water partition coefficient (Wildman–Crippen LogP) is 0.120. The van der Waals surface area contributed by atoms with Crippen molar-refractivity contribution < 1.29 is 4.79 Å². The largest absolute Gasteiger partial charge is 0.349 e. The molecule has 1 aromatic heterocycles. The minimum Gasteiger partial charge on any atom is -0.349 e. The molecular weight excluding hydrogens is 182 g/mol. The number of carbonyl (C=O) groups is 1. The van der Waals surface area contributed by atoms with Crippen molar-refractivity contribution in [2.45, 2.75) is 25.7 Å². The van der Waals surface area contributed by atoms with Crippen LogP contribution >= 0.6 is 0 Å². The molecule has 1 heterocycles. The van der Waals surface area contributed by atoms with Crippen LogP contribution in [0, 0.1) is 5.92 Å². The molecule has 0 radical (unpaired) electrons. The van der Waals surface area contributed by atoms with Gasteiger partial charge in [0.2, 0.25) is 0 Å². The number of aromatic nitrogens is 4. The molecule has 0 bridgehead atoms. The number of hydrogen-bond donors (Lipinski definition) is 2. The number of nitrogens with zero attached hydrogens (tertiary/aromatic N) is 3. The summed E-state index contributed by atoms with van der Waals surface area (Å²) in [4.78, 5) is 11.3. The Balaban J connectivity index is 1.62. The summed E-state index contributed by atoms with van der Waals surface area (Å²) in [5, 5.41) is 15.5. The third-order valence-electron chi connectivity index (χ3n) is 2.32. The van der Waals surface area contributed by atoms with E-state index in [0.29, 0.717) is 6.54 Å². The summed E-state index contributed by atoms with van der Waals surface area (Å²) < 4.78 is 0. The average Bonchev–Trinajstić information content (AvgIpc) is 2.84. The molecule has 1 aliphatic rings. The molecule has 6 heteroatoms. The van der Waals surface area contributed by atoms with Gasteiger partial charge in [-0.2, -0.15) is 5.21 Å². The minimum absolute atomic E-state index is 0.108. The van der Waals surface area contributed by atoms with Crippen LogP contribution in [-0.2, 0) is 0 Å². The maximum atomic E-state index is 11.3. The standard InChI is InChI=1S/C8H13N5O/c14-8(7-10-12-13-11-7)9-5-1-2-6-3-4-6/h6H,1-5H2,(H,9,14)(H,10,11,12,13). The number of amides is 1. The van der Waals surface area contributed by atoms with Crippen molar-refractivity contribution in [3.05, 3.63) is 5.82 Å². The first-order chi connectivity index (χ1) is 6.86. The molecule has 0 saturated heterocycles. The fourth-order valence-electron chi connectivity index (χ4n) is 1.34. The number of H-pyrrole nitrogens is 1. The first-order valence-electron chi connectivity index (χ1n) is 4.88. The topological polar surface area (TPSA) is 83.6 Å². The molecular formula is C8H13N5O. The molecule has 76 valence electrons. The van der Waals surface area contributed by atoms with E-state index >= 15 is 0 Å². The van der Waals surface area contributed by atoms with Gasteiger partial charge in [0.25, 0.3) is 11.7 Å². The molecule has 6 nitrogen and oxygen atoms in total. The molecule has 0 aromatic carbocycles. The van der Waals surface area contributed by atoms with Crippen molar-refractivity contribution in [1.82, 2.24) is 25.9 Å². The van der Waals surface area contributed by atoms with Gasteiger partial charge in [-0.1, -0.05) is 12.8 Å². The third kappa shape index (κ3) is 2.51. The van der Waals surface area contributed by atoms with Crippen LogP contribution in [0.2, 0.25) is 0 Å². The van der Waals surface area contributed by atoms with Gasteiger partial charge in [-0.3, -0.25) is 4.79 Å². The second-order valence-electron chi connectivity index (χ2n) is 3.58. The Labute approximate surface area is 81.5 Å². The highest BCUT2D eigenvalue weighted by atomic mass is 16.2. The zero-order chi connectivity index (χ0) is 9.80. The van der Waals surface area contributed by atoms with Crippen molar-refractivity contribution in [2.24, 2.45) is 5.92 Å². The van der Waals surface area contributed by atoms with Crippen LogP contribution in [0.5, 0.6) is 0 Å². The van der Waals surface area contributed by atoms with Gasteiger partial charge in [-0.25, -0.2) is 0 Å². The predicted molar refractivity (Wildman–Crippen MR) is 48.5 cm³/mol. The summed E-state index contributed by atoms with van der Waals surface area (Å²) in [6.45, 7) is 0.698. The van der Waals surface area contributed by atoms with Crippen molar-refractivity contribution in [3.63, 3.8) is 0 Å². The Hall–Kier alpha value is -1.46. The fourth-order valence-corrected chi connectivity index (χ4v) is 1.34. The third-order valence-corrected chi connectivity index (χ3v) is 2.32. The SMILES string of the molecule is O=C(NCCCC1CC1)c1nn[nH]n1. The lowest BCUT2D eigenvalue weighted by atomic mass is 10.2. The lowest BCUT2D eigenvalue weighted by Crippen LogP contribution is -2.25. The van der Waals surface area contributed by atoms with E-state index in [-0.39, 0.29) is 11.7 Å². The molecule has 2 rings (SSSR count). The highest BCUT2D eigenvalue weighted by Crippen LogP contribution is 2.33. The molecule has 14 heavy (non-hydrogen) atoms. The summed E-state index contributed by atoms with van der Waals surface area (Å²) >= 11 is 0.